The molecule has 0 N–H and O–H groups in total. The Morgan fingerprint density at radius 2 is 1.78 bits per heavy atom. The van der Waals surface area contributed by atoms with Gasteiger partial charge in [0, 0.05) is 6.92 Å². The van der Waals surface area contributed by atoms with Crippen LogP contribution < -0.4 is 0 Å². The highest BCUT2D eigenvalue weighted by Gasteiger charge is 2.35. The lowest BCUT2D eigenvalue weighted by atomic mass is 10.1. The molecule has 0 rings (SSSR count). The van der Waals surface area contributed by atoms with Gasteiger partial charge < -0.3 is 0 Å². The second-order valence-electron chi connectivity index (χ2n) is 1.91. The third kappa shape index (κ3) is 1.59. The van der Waals surface area contributed by atoms with Crippen LogP contribution in [0.1, 0.15) is 13.8 Å². The maximum absolute atomic E-state index is 12.2. The number of Topliss-reactive ketones (excluding diaryl/α,β-unsaturated/α-hetero) is 1. The average Bonchev–Trinajstić information content (AvgIpc) is 1.65. The van der Waals surface area contributed by atoms with Gasteiger partial charge in [0.1, 0.15) is 0 Å². The van der Waals surface area contributed by atoms with Gasteiger partial charge in [0.05, 0.1) is 0 Å². The summed E-state index contributed by atoms with van der Waals surface area (Å²) in [5.41, 5.74) is -0.407. The summed E-state index contributed by atoms with van der Waals surface area (Å²) in [6.07, 6.45) is 0. The quantitative estimate of drug-likeness (QED) is 0.526. The molecule has 0 aromatic rings. The molecule has 0 saturated carbocycles. The summed E-state index contributed by atoms with van der Waals surface area (Å²) in [6, 6.07) is 0. The molecule has 0 saturated heterocycles. The largest absolute Gasteiger partial charge is 0.325 e. The third-order valence-electron chi connectivity index (χ3n) is 0.978. The van der Waals surface area contributed by atoms with Crippen LogP contribution in [0, 0.1) is 0 Å². The number of alkyl halides is 2. The molecule has 0 aromatic carbocycles. The monoisotopic (exact) mass is 134 g/mol. The van der Waals surface area contributed by atoms with E-state index >= 15 is 0 Å². The zero-order valence-corrected chi connectivity index (χ0v) is 5.37. The molecule has 0 aliphatic rings. The van der Waals surface area contributed by atoms with E-state index in [-0.39, 0.29) is 0 Å². The van der Waals surface area contributed by atoms with Crippen LogP contribution in [0.25, 0.3) is 0 Å². The highest BCUT2D eigenvalue weighted by atomic mass is 19.3. The Labute approximate surface area is 52.4 Å². The predicted molar refractivity (Wildman–Crippen MR) is 30.4 cm³/mol. The van der Waals surface area contributed by atoms with Gasteiger partial charge in [-0.05, 0) is 12.5 Å². The molecule has 9 heavy (non-hydrogen) atoms. The lowest BCUT2D eigenvalue weighted by Gasteiger charge is -2.10. The standard InChI is InChI=1S/C6H8F2O/c1-4(2)6(7,8)5(3)9/h1H2,2-3H3. The predicted octanol–water partition coefficient (Wildman–Crippen LogP) is 1.79. The van der Waals surface area contributed by atoms with Crippen molar-refractivity contribution in [1.82, 2.24) is 0 Å². The number of ketones is 1. The minimum Gasteiger partial charge on any atom is -0.293 e. The number of carbonyl (C=O) groups excluding carboxylic acids is 1. The van der Waals surface area contributed by atoms with Crippen molar-refractivity contribution < 1.29 is 13.6 Å². The molecule has 1 nitrogen and oxygen atoms in total. The van der Waals surface area contributed by atoms with Crippen LogP contribution in [0.4, 0.5) is 8.78 Å². The van der Waals surface area contributed by atoms with Gasteiger partial charge >= 0.3 is 5.92 Å². The molecule has 3 heteroatoms. The van der Waals surface area contributed by atoms with Crippen molar-refractivity contribution in [3.05, 3.63) is 12.2 Å². The van der Waals surface area contributed by atoms with Gasteiger partial charge in [-0.2, -0.15) is 8.78 Å². The van der Waals surface area contributed by atoms with E-state index in [1.165, 1.54) is 0 Å². The second kappa shape index (κ2) is 2.25. The van der Waals surface area contributed by atoms with E-state index in [1.54, 1.807) is 0 Å². The minimum absolute atomic E-state index is 0.407. The van der Waals surface area contributed by atoms with E-state index in [0.29, 0.717) is 0 Å². The van der Waals surface area contributed by atoms with Crippen molar-refractivity contribution in [3.63, 3.8) is 0 Å². The van der Waals surface area contributed by atoms with Crippen LogP contribution in [0.3, 0.4) is 0 Å². The first kappa shape index (κ1) is 8.27. The van der Waals surface area contributed by atoms with Crippen LogP contribution in [0.2, 0.25) is 0 Å². The molecule has 0 bridgehead atoms. The summed E-state index contributed by atoms with van der Waals surface area (Å²) in [5, 5.41) is 0. The number of hydrogen-bond acceptors (Lipinski definition) is 1. The number of halogens is 2. The molecule has 0 aliphatic heterocycles. The van der Waals surface area contributed by atoms with E-state index in [1.807, 2.05) is 0 Å². The topological polar surface area (TPSA) is 17.1 Å². The number of allylic oxidation sites excluding steroid dienone is 1. The van der Waals surface area contributed by atoms with E-state index < -0.39 is 17.3 Å². The summed E-state index contributed by atoms with van der Waals surface area (Å²) in [7, 11) is 0. The summed E-state index contributed by atoms with van der Waals surface area (Å²) >= 11 is 0. The summed E-state index contributed by atoms with van der Waals surface area (Å²) in [6.45, 7) is 4.95. The maximum atomic E-state index is 12.2. The van der Waals surface area contributed by atoms with Crippen LogP contribution in [-0.2, 0) is 4.79 Å². The summed E-state index contributed by atoms with van der Waals surface area (Å²) in [4.78, 5) is 10.1. The zero-order chi connectivity index (χ0) is 7.65. The van der Waals surface area contributed by atoms with Crippen molar-refractivity contribution >= 4 is 5.78 Å². The van der Waals surface area contributed by atoms with Crippen molar-refractivity contribution in [3.8, 4) is 0 Å². The van der Waals surface area contributed by atoms with Gasteiger partial charge in [0.25, 0.3) is 0 Å². The van der Waals surface area contributed by atoms with Crippen molar-refractivity contribution in [2.75, 3.05) is 0 Å². The minimum atomic E-state index is -3.33. The summed E-state index contributed by atoms with van der Waals surface area (Å²) < 4.78 is 24.4. The van der Waals surface area contributed by atoms with Crippen LogP contribution in [0.5, 0.6) is 0 Å². The highest BCUT2D eigenvalue weighted by Crippen LogP contribution is 2.22. The van der Waals surface area contributed by atoms with Crippen molar-refractivity contribution in [2.45, 2.75) is 19.8 Å². The first-order chi connectivity index (χ1) is 3.89. The molecule has 0 aromatic heterocycles. The fourth-order valence-corrected chi connectivity index (χ4v) is 0.301. The molecular formula is C6H8F2O. The normalized spacial score (nSPS) is 11.1. The Morgan fingerprint density at radius 3 is 1.78 bits per heavy atom. The molecule has 0 amide bonds. The van der Waals surface area contributed by atoms with E-state index in [0.717, 1.165) is 13.8 Å². The Hall–Kier alpha value is -0.730. The number of hydrogen-bond donors (Lipinski definition) is 0. The first-order valence-electron chi connectivity index (χ1n) is 2.44. The average molecular weight is 134 g/mol. The summed E-state index contributed by atoms with van der Waals surface area (Å²) in [5.74, 6) is -4.49. The SMILES string of the molecule is C=C(C)C(F)(F)C(C)=O. The highest BCUT2D eigenvalue weighted by molar-refractivity contribution is 5.86. The van der Waals surface area contributed by atoms with Gasteiger partial charge in [0.15, 0.2) is 0 Å². The van der Waals surface area contributed by atoms with Crippen molar-refractivity contribution in [1.29, 1.82) is 0 Å². The Bertz CT molecular complexity index is 133. The molecular weight excluding hydrogens is 126 g/mol. The maximum Gasteiger partial charge on any atom is 0.325 e. The van der Waals surface area contributed by atoms with Gasteiger partial charge in [-0.3, -0.25) is 4.79 Å². The fourth-order valence-electron chi connectivity index (χ4n) is 0.301. The molecule has 52 valence electrons. The van der Waals surface area contributed by atoms with E-state index in [9.17, 15) is 13.6 Å². The van der Waals surface area contributed by atoms with E-state index in [2.05, 4.69) is 6.58 Å². The Morgan fingerprint density at radius 1 is 1.44 bits per heavy atom. The Balaban J connectivity index is 4.38. The van der Waals surface area contributed by atoms with E-state index in [4.69, 9.17) is 0 Å². The van der Waals surface area contributed by atoms with Gasteiger partial charge in [0.2, 0.25) is 5.78 Å². The molecule has 0 spiro atoms. The fraction of sp³-hybridized carbons (Fsp3) is 0.500. The molecule has 0 unspecified atom stereocenters. The second-order valence-corrected chi connectivity index (χ2v) is 1.91. The zero-order valence-electron chi connectivity index (χ0n) is 5.37. The molecule has 0 heterocycles. The third-order valence-corrected chi connectivity index (χ3v) is 0.978. The molecule has 0 radical (unpaired) electrons. The lowest BCUT2D eigenvalue weighted by molar-refractivity contribution is -0.135. The van der Waals surface area contributed by atoms with Crippen molar-refractivity contribution in [2.24, 2.45) is 0 Å². The lowest BCUT2D eigenvalue weighted by Crippen LogP contribution is -2.26. The Kier molecular flexibility index (Phi) is 2.07. The van der Waals surface area contributed by atoms with Gasteiger partial charge in [-0.25, -0.2) is 0 Å². The van der Waals surface area contributed by atoms with Gasteiger partial charge in [-0.1, -0.05) is 6.58 Å². The number of rotatable bonds is 2. The molecule has 0 fully saturated rings. The van der Waals surface area contributed by atoms with Crippen LogP contribution in [0.15, 0.2) is 12.2 Å². The number of carbonyl (C=O) groups is 1. The van der Waals surface area contributed by atoms with Crippen LogP contribution >= 0.6 is 0 Å². The first-order valence-corrected chi connectivity index (χ1v) is 2.44. The van der Waals surface area contributed by atoms with Crippen LogP contribution in [-0.4, -0.2) is 11.7 Å². The molecule has 0 aliphatic carbocycles. The molecule has 0 atom stereocenters. The van der Waals surface area contributed by atoms with Gasteiger partial charge in [-0.15, -0.1) is 0 Å². The smallest absolute Gasteiger partial charge is 0.293 e.